The fraction of sp³-hybridized carbons (Fsp3) is 0.571. The van der Waals surface area contributed by atoms with Crippen LogP contribution in [0.25, 0.3) is 0 Å². The zero-order valence-electron chi connectivity index (χ0n) is 11.5. The van der Waals surface area contributed by atoms with Crippen molar-refractivity contribution >= 4 is 21.4 Å². The van der Waals surface area contributed by atoms with Crippen LogP contribution < -0.4 is 5.32 Å². The molecule has 0 spiro atoms. The molecule has 0 heterocycles. The van der Waals surface area contributed by atoms with Crippen LogP contribution >= 0.6 is 11.6 Å². The highest BCUT2D eigenvalue weighted by atomic mass is 35.5. The molecule has 0 aliphatic rings. The van der Waals surface area contributed by atoms with E-state index in [4.69, 9.17) is 11.6 Å². The highest BCUT2D eigenvalue weighted by Crippen LogP contribution is 2.22. The van der Waals surface area contributed by atoms with Gasteiger partial charge in [0.05, 0.1) is 0 Å². The number of benzene rings is 1. The summed E-state index contributed by atoms with van der Waals surface area (Å²) in [5.74, 6) is 0.234. The summed E-state index contributed by atoms with van der Waals surface area (Å²) in [6.07, 6.45) is 3.78. The molecule has 0 aliphatic heterocycles. The van der Waals surface area contributed by atoms with Gasteiger partial charge in [0.15, 0.2) is 0 Å². The maximum Gasteiger partial charge on any atom is 0.147 e. The third-order valence-electron chi connectivity index (χ3n) is 2.90. The first-order chi connectivity index (χ1) is 8.92. The van der Waals surface area contributed by atoms with Gasteiger partial charge in [-0.15, -0.1) is 0 Å². The van der Waals surface area contributed by atoms with Gasteiger partial charge in [0.1, 0.15) is 9.84 Å². The second-order valence-electron chi connectivity index (χ2n) is 4.83. The molecule has 0 fully saturated rings. The normalized spacial score (nSPS) is 13.4. The van der Waals surface area contributed by atoms with Crippen molar-refractivity contribution in [2.45, 2.75) is 32.2 Å². The fourth-order valence-corrected chi connectivity index (χ4v) is 2.87. The van der Waals surface area contributed by atoms with Crippen molar-refractivity contribution in [3.63, 3.8) is 0 Å². The zero-order chi connectivity index (χ0) is 14.3. The van der Waals surface area contributed by atoms with Gasteiger partial charge >= 0.3 is 0 Å². The number of sulfone groups is 1. The van der Waals surface area contributed by atoms with Crippen molar-refractivity contribution in [1.29, 1.82) is 0 Å². The summed E-state index contributed by atoms with van der Waals surface area (Å²) >= 11 is 6.01. The smallest absolute Gasteiger partial charge is 0.147 e. The molecule has 5 heteroatoms. The molecule has 1 unspecified atom stereocenters. The molecule has 1 rings (SSSR count). The molecule has 1 aromatic carbocycles. The van der Waals surface area contributed by atoms with Gasteiger partial charge in [-0.1, -0.05) is 30.7 Å². The Labute approximate surface area is 121 Å². The average molecular weight is 304 g/mol. The average Bonchev–Trinajstić information content (AvgIpc) is 2.32. The Morgan fingerprint density at radius 1 is 1.37 bits per heavy atom. The second-order valence-corrected chi connectivity index (χ2v) is 7.53. The van der Waals surface area contributed by atoms with Crippen LogP contribution in [0.15, 0.2) is 24.3 Å². The first-order valence-electron chi connectivity index (χ1n) is 6.59. The second kappa shape index (κ2) is 7.88. The Morgan fingerprint density at radius 2 is 2.11 bits per heavy atom. The molecule has 19 heavy (non-hydrogen) atoms. The molecular formula is C14H22ClNO2S. The van der Waals surface area contributed by atoms with Crippen LogP contribution in [-0.2, 0) is 9.84 Å². The highest BCUT2D eigenvalue weighted by Gasteiger charge is 2.12. The molecular weight excluding hydrogens is 282 g/mol. The summed E-state index contributed by atoms with van der Waals surface area (Å²) in [7, 11) is -2.88. The fourth-order valence-electron chi connectivity index (χ4n) is 1.98. The predicted molar refractivity (Wildman–Crippen MR) is 81.4 cm³/mol. The molecule has 0 saturated heterocycles. The summed E-state index contributed by atoms with van der Waals surface area (Å²) in [5, 5.41) is 4.16. The first-order valence-corrected chi connectivity index (χ1v) is 9.03. The Morgan fingerprint density at radius 3 is 2.68 bits per heavy atom. The van der Waals surface area contributed by atoms with Gasteiger partial charge in [-0.05, 0) is 43.5 Å². The topological polar surface area (TPSA) is 46.2 Å². The first kappa shape index (κ1) is 16.5. The zero-order valence-corrected chi connectivity index (χ0v) is 13.1. The Bertz CT molecular complexity index is 488. The van der Waals surface area contributed by atoms with E-state index in [9.17, 15) is 8.42 Å². The van der Waals surface area contributed by atoms with Gasteiger partial charge < -0.3 is 5.32 Å². The van der Waals surface area contributed by atoms with Gasteiger partial charge in [0, 0.05) is 23.1 Å². The van der Waals surface area contributed by atoms with Gasteiger partial charge in [-0.25, -0.2) is 8.42 Å². The number of hydrogen-bond acceptors (Lipinski definition) is 3. The quantitative estimate of drug-likeness (QED) is 0.802. The molecule has 0 radical (unpaired) electrons. The Balaban J connectivity index is 2.66. The summed E-state index contributed by atoms with van der Waals surface area (Å²) in [6, 6.07) is 7.91. The number of rotatable bonds is 8. The van der Waals surface area contributed by atoms with Crippen molar-refractivity contribution in [2.75, 3.05) is 18.6 Å². The van der Waals surface area contributed by atoms with Crippen LogP contribution in [0.2, 0.25) is 5.02 Å². The lowest BCUT2D eigenvalue weighted by Gasteiger charge is -2.19. The number of hydrogen-bond donors (Lipinski definition) is 1. The molecule has 3 nitrogen and oxygen atoms in total. The summed E-state index contributed by atoms with van der Waals surface area (Å²) in [4.78, 5) is 0. The van der Waals surface area contributed by atoms with Gasteiger partial charge in [-0.2, -0.15) is 0 Å². The third-order valence-corrected chi connectivity index (χ3v) is 4.17. The SMILES string of the molecule is CCCNC(CCCS(C)(=O)=O)c1cccc(Cl)c1. The molecule has 108 valence electrons. The monoisotopic (exact) mass is 303 g/mol. The van der Waals surface area contributed by atoms with E-state index >= 15 is 0 Å². The van der Waals surface area contributed by atoms with E-state index in [-0.39, 0.29) is 11.8 Å². The lowest BCUT2D eigenvalue weighted by Crippen LogP contribution is -2.22. The minimum Gasteiger partial charge on any atom is -0.310 e. The van der Waals surface area contributed by atoms with Crippen molar-refractivity contribution < 1.29 is 8.42 Å². The van der Waals surface area contributed by atoms with Gasteiger partial charge in [-0.3, -0.25) is 0 Å². The van der Waals surface area contributed by atoms with E-state index in [0.717, 1.165) is 24.9 Å². The molecule has 0 amide bonds. The third kappa shape index (κ3) is 6.95. The molecule has 0 aliphatic carbocycles. The largest absolute Gasteiger partial charge is 0.310 e. The van der Waals surface area contributed by atoms with Crippen molar-refractivity contribution in [2.24, 2.45) is 0 Å². The summed E-state index contributed by atoms with van der Waals surface area (Å²) in [5.41, 5.74) is 1.12. The van der Waals surface area contributed by atoms with Crippen LogP contribution in [0.3, 0.4) is 0 Å². The maximum atomic E-state index is 11.2. The Hall–Kier alpha value is -0.580. The van der Waals surface area contributed by atoms with Crippen LogP contribution in [0, 0.1) is 0 Å². The highest BCUT2D eigenvalue weighted by molar-refractivity contribution is 7.90. The summed E-state index contributed by atoms with van der Waals surface area (Å²) in [6.45, 7) is 3.02. The van der Waals surface area contributed by atoms with E-state index in [1.54, 1.807) is 0 Å². The predicted octanol–water partition coefficient (Wildman–Crippen LogP) is 3.21. The molecule has 1 atom stereocenters. The van der Waals surface area contributed by atoms with Gasteiger partial charge in [0.25, 0.3) is 0 Å². The van der Waals surface area contributed by atoms with E-state index < -0.39 is 9.84 Å². The van der Waals surface area contributed by atoms with E-state index in [1.165, 1.54) is 6.26 Å². The van der Waals surface area contributed by atoms with E-state index in [2.05, 4.69) is 12.2 Å². The van der Waals surface area contributed by atoms with Crippen molar-refractivity contribution in [1.82, 2.24) is 5.32 Å². The number of halogens is 1. The molecule has 0 bridgehead atoms. The van der Waals surface area contributed by atoms with Crippen LogP contribution in [-0.4, -0.2) is 27.0 Å². The van der Waals surface area contributed by atoms with Crippen molar-refractivity contribution in [3.05, 3.63) is 34.9 Å². The van der Waals surface area contributed by atoms with Crippen LogP contribution in [0.1, 0.15) is 37.8 Å². The molecule has 1 N–H and O–H groups in total. The summed E-state index contributed by atoms with van der Waals surface area (Å²) < 4.78 is 22.4. The van der Waals surface area contributed by atoms with Crippen molar-refractivity contribution in [3.8, 4) is 0 Å². The number of nitrogens with one attached hydrogen (secondary N) is 1. The molecule has 0 saturated carbocycles. The molecule has 1 aromatic rings. The maximum absolute atomic E-state index is 11.2. The van der Waals surface area contributed by atoms with E-state index in [0.29, 0.717) is 11.4 Å². The Kier molecular flexibility index (Phi) is 6.83. The standard InChI is InChI=1S/C14H22ClNO2S/c1-3-9-16-14(8-5-10-19(2,17)18)12-6-4-7-13(15)11-12/h4,6-7,11,14,16H,3,5,8-10H2,1-2H3. The van der Waals surface area contributed by atoms with E-state index in [1.807, 2.05) is 24.3 Å². The minimum absolute atomic E-state index is 0.167. The minimum atomic E-state index is -2.88. The molecule has 0 aromatic heterocycles. The van der Waals surface area contributed by atoms with Gasteiger partial charge in [0.2, 0.25) is 0 Å². The lowest BCUT2D eigenvalue weighted by molar-refractivity contribution is 0.492. The van der Waals surface area contributed by atoms with Crippen LogP contribution in [0.5, 0.6) is 0 Å². The van der Waals surface area contributed by atoms with Crippen LogP contribution in [0.4, 0.5) is 0 Å². The lowest BCUT2D eigenvalue weighted by atomic mass is 10.0.